The molecule has 0 unspecified atom stereocenters. The number of carbonyl (C=O) groups excluding carboxylic acids is 2. The number of furan rings is 1. The summed E-state index contributed by atoms with van der Waals surface area (Å²) in [7, 11) is 0. The van der Waals surface area contributed by atoms with Crippen molar-refractivity contribution in [1.82, 2.24) is 5.32 Å². The SMILES string of the molecule is Cc1c(C(=O)OCC(=O)NC23CC4CC(CC(C4)C2)C3)oc2ccccc12. The molecule has 1 amide bonds. The monoisotopic (exact) mass is 367 g/mol. The zero-order chi connectivity index (χ0) is 18.6. The zero-order valence-electron chi connectivity index (χ0n) is 15.6. The fourth-order valence-electron chi connectivity index (χ4n) is 6.16. The summed E-state index contributed by atoms with van der Waals surface area (Å²) in [5.41, 5.74) is 1.34. The molecule has 4 bridgehead atoms. The summed E-state index contributed by atoms with van der Waals surface area (Å²) in [6.45, 7) is 1.58. The third-order valence-electron chi connectivity index (χ3n) is 6.81. The Labute approximate surface area is 158 Å². The van der Waals surface area contributed by atoms with E-state index in [0.717, 1.165) is 48.0 Å². The number of para-hydroxylation sites is 1. The van der Waals surface area contributed by atoms with Crippen LogP contribution >= 0.6 is 0 Å². The fourth-order valence-corrected chi connectivity index (χ4v) is 6.16. The first kappa shape index (κ1) is 16.8. The highest BCUT2D eigenvalue weighted by molar-refractivity contribution is 5.96. The Morgan fingerprint density at radius 2 is 1.74 bits per heavy atom. The van der Waals surface area contributed by atoms with Crippen LogP contribution in [0.5, 0.6) is 0 Å². The van der Waals surface area contributed by atoms with Gasteiger partial charge in [0, 0.05) is 16.5 Å². The molecule has 1 aromatic carbocycles. The van der Waals surface area contributed by atoms with Crippen molar-refractivity contribution in [3.05, 3.63) is 35.6 Å². The third kappa shape index (κ3) is 2.93. The van der Waals surface area contributed by atoms with Gasteiger partial charge in [-0.05, 0) is 69.3 Å². The maximum atomic E-state index is 12.5. The molecule has 142 valence electrons. The fraction of sp³-hybridized carbons (Fsp3) is 0.545. The second-order valence-electron chi connectivity index (χ2n) is 8.87. The number of hydrogen-bond donors (Lipinski definition) is 1. The lowest BCUT2D eigenvalue weighted by molar-refractivity contribution is -0.130. The number of ether oxygens (including phenoxy) is 1. The van der Waals surface area contributed by atoms with Crippen LogP contribution in [0.15, 0.2) is 28.7 Å². The lowest BCUT2D eigenvalue weighted by atomic mass is 9.53. The van der Waals surface area contributed by atoms with E-state index in [1.807, 2.05) is 31.2 Å². The number of nitrogens with one attached hydrogen (secondary N) is 1. The summed E-state index contributed by atoms with van der Waals surface area (Å²) >= 11 is 0. The molecule has 2 aromatic rings. The standard InChI is InChI=1S/C22H25NO4/c1-13-17-4-2-3-5-18(17)27-20(13)21(25)26-12-19(24)23-22-9-14-6-15(10-22)8-16(7-14)11-22/h2-5,14-16H,6-12H2,1H3,(H,23,24). The predicted molar refractivity (Wildman–Crippen MR) is 100 cm³/mol. The predicted octanol–water partition coefficient (Wildman–Crippen LogP) is 3.98. The van der Waals surface area contributed by atoms with Crippen LogP contribution in [0.3, 0.4) is 0 Å². The van der Waals surface area contributed by atoms with E-state index in [1.165, 1.54) is 19.3 Å². The Morgan fingerprint density at radius 1 is 1.11 bits per heavy atom. The summed E-state index contributed by atoms with van der Waals surface area (Å²) in [6, 6.07) is 7.49. The van der Waals surface area contributed by atoms with Crippen molar-refractivity contribution in [2.45, 2.75) is 51.0 Å². The molecule has 5 heteroatoms. The van der Waals surface area contributed by atoms with Gasteiger partial charge in [-0.1, -0.05) is 18.2 Å². The van der Waals surface area contributed by atoms with Crippen molar-refractivity contribution in [3.8, 4) is 0 Å². The third-order valence-corrected chi connectivity index (χ3v) is 6.81. The molecule has 4 saturated carbocycles. The van der Waals surface area contributed by atoms with Crippen LogP contribution in [0.2, 0.25) is 0 Å². The topological polar surface area (TPSA) is 68.5 Å². The summed E-state index contributed by atoms with van der Waals surface area (Å²) in [5, 5.41) is 4.12. The first-order chi connectivity index (χ1) is 13.0. The second kappa shape index (κ2) is 6.11. The smallest absolute Gasteiger partial charge is 0.375 e. The lowest BCUT2D eigenvalue weighted by Crippen LogP contribution is -2.60. The van der Waals surface area contributed by atoms with Gasteiger partial charge in [-0.2, -0.15) is 0 Å². The number of fused-ring (bicyclic) bond motifs is 1. The number of rotatable bonds is 4. The van der Waals surface area contributed by atoms with Gasteiger partial charge >= 0.3 is 5.97 Å². The molecular formula is C22H25NO4. The van der Waals surface area contributed by atoms with Crippen LogP contribution in [0.1, 0.15) is 54.6 Å². The van der Waals surface area contributed by atoms with Gasteiger partial charge in [0.1, 0.15) is 5.58 Å². The largest absolute Gasteiger partial charge is 0.450 e. The minimum absolute atomic E-state index is 0.0620. The van der Waals surface area contributed by atoms with Crippen LogP contribution in [0, 0.1) is 24.7 Å². The van der Waals surface area contributed by atoms with Crippen LogP contribution in [0.25, 0.3) is 11.0 Å². The van der Waals surface area contributed by atoms with Gasteiger partial charge in [0.2, 0.25) is 5.76 Å². The van der Waals surface area contributed by atoms with E-state index in [1.54, 1.807) is 0 Å². The van der Waals surface area contributed by atoms with Crippen molar-refractivity contribution >= 4 is 22.8 Å². The highest BCUT2D eigenvalue weighted by atomic mass is 16.5. The van der Waals surface area contributed by atoms with E-state index in [0.29, 0.717) is 5.58 Å². The van der Waals surface area contributed by atoms with Crippen molar-refractivity contribution in [3.63, 3.8) is 0 Å². The highest BCUT2D eigenvalue weighted by Crippen LogP contribution is 2.55. The molecule has 6 rings (SSSR count). The zero-order valence-corrected chi connectivity index (χ0v) is 15.6. The number of benzene rings is 1. The Hall–Kier alpha value is -2.30. The van der Waals surface area contributed by atoms with Gasteiger partial charge in [0.15, 0.2) is 6.61 Å². The van der Waals surface area contributed by atoms with Crippen molar-refractivity contribution < 1.29 is 18.7 Å². The Kier molecular flexibility index (Phi) is 3.81. The minimum atomic E-state index is -0.579. The maximum Gasteiger partial charge on any atom is 0.375 e. The van der Waals surface area contributed by atoms with Crippen molar-refractivity contribution in [2.24, 2.45) is 17.8 Å². The van der Waals surface area contributed by atoms with Gasteiger partial charge in [0.05, 0.1) is 0 Å². The van der Waals surface area contributed by atoms with Gasteiger partial charge in [-0.15, -0.1) is 0 Å². The quantitative estimate of drug-likeness (QED) is 0.830. The molecule has 4 fully saturated rings. The van der Waals surface area contributed by atoms with Crippen molar-refractivity contribution in [2.75, 3.05) is 6.61 Å². The van der Waals surface area contributed by atoms with Crippen molar-refractivity contribution in [1.29, 1.82) is 0 Å². The number of aryl methyl sites for hydroxylation is 1. The molecule has 4 aliphatic carbocycles. The second-order valence-corrected chi connectivity index (χ2v) is 8.87. The Morgan fingerprint density at radius 3 is 2.37 bits per heavy atom. The van der Waals surface area contributed by atoms with Gasteiger partial charge in [0.25, 0.3) is 5.91 Å². The summed E-state index contributed by atoms with van der Waals surface area (Å²) in [6.07, 6.45) is 7.24. The summed E-state index contributed by atoms with van der Waals surface area (Å²) < 4.78 is 10.9. The van der Waals surface area contributed by atoms with Crippen LogP contribution in [0.4, 0.5) is 0 Å². The number of esters is 1. The lowest BCUT2D eigenvalue weighted by Gasteiger charge is -2.56. The van der Waals surface area contributed by atoms with E-state index in [-0.39, 0.29) is 23.8 Å². The number of amides is 1. The Bertz CT molecular complexity index is 877. The average molecular weight is 367 g/mol. The first-order valence-corrected chi connectivity index (χ1v) is 9.98. The molecule has 1 N–H and O–H groups in total. The molecule has 1 aromatic heterocycles. The molecule has 0 atom stereocenters. The highest BCUT2D eigenvalue weighted by Gasteiger charge is 2.51. The Balaban J connectivity index is 1.23. The molecule has 4 aliphatic rings. The van der Waals surface area contributed by atoms with Gasteiger partial charge < -0.3 is 14.5 Å². The molecule has 0 aliphatic heterocycles. The molecule has 0 radical (unpaired) electrons. The van der Waals surface area contributed by atoms with Crippen LogP contribution in [-0.4, -0.2) is 24.0 Å². The summed E-state index contributed by atoms with van der Waals surface area (Å²) in [4.78, 5) is 24.9. The molecular weight excluding hydrogens is 342 g/mol. The van der Waals surface area contributed by atoms with Gasteiger partial charge in [-0.25, -0.2) is 4.79 Å². The maximum absolute atomic E-state index is 12.5. The molecule has 1 heterocycles. The first-order valence-electron chi connectivity index (χ1n) is 9.98. The van der Waals surface area contributed by atoms with E-state index in [9.17, 15) is 9.59 Å². The van der Waals surface area contributed by atoms with Gasteiger partial charge in [-0.3, -0.25) is 4.79 Å². The van der Waals surface area contributed by atoms with Crippen LogP contribution in [-0.2, 0) is 9.53 Å². The minimum Gasteiger partial charge on any atom is -0.450 e. The van der Waals surface area contributed by atoms with E-state index < -0.39 is 5.97 Å². The van der Waals surface area contributed by atoms with E-state index in [4.69, 9.17) is 9.15 Å². The van der Waals surface area contributed by atoms with E-state index >= 15 is 0 Å². The average Bonchev–Trinajstić information content (AvgIpc) is 2.95. The van der Waals surface area contributed by atoms with Crippen LogP contribution < -0.4 is 5.32 Å². The molecule has 27 heavy (non-hydrogen) atoms. The normalized spacial score (nSPS) is 31.2. The number of carbonyl (C=O) groups is 2. The molecule has 5 nitrogen and oxygen atoms in total. The summed E-state index contributed by atoms with van der Waals surface area (Å²) in [5.74, 6) is 1.69. The molecule has 0 saturated heterocycles. The number of hydrogen-bond acceptors (Lipinski definition) is 4. The molecule has 0 spiro atoms. The van der Waals surface area contributed by atoms with E-state index in [2.05, 4.69) is 5.32 Å².